The van der Waals surface area contributed by atoms with E-state index >= 15 is 0 Å². The molecule has 0 radical (unpaired) electrons. The Balaban J connectivity index is 1.58. The topological polar surface area (TPSA) is 54.2 Å². The minimum Gasteiger partial charge on any atom is -0.357 e. The number of rotatable bonds is 8. The molecule has 0 unspecified atom stereocenters. The normalized spacial score (nSPS) is 11.4. The van der Waals surface area contributed by atoms with Crippen molar-refractivity contribution in [1.82, 2.24) is 20.2 Å². The Labute approximate surface area is 165 Å². The van der Waals surface area contributed by atoms with E-state index in [1.165, 1.54) is 11.6 Å². The summed E-state index contributed by atoms with van der Waals surface area (Å²) in [6.45, 7) is 4.72. The van der Waals surface area contributed by atoms with Gasteiger partial charge >= 0.3 is 0 Å². The van der Waals surface area contributed by atoms with Crippen molar-refractivity contribution in [1.29, 1.82) is 0 Å². The Hall–Kier alpha value is -3.15. The highest BCUT2D eigenvalue weighted by atomic mass is 19.1. The largest absolute Gasteiger partial charge is 0.357 e. The standard InChI is InChI=1S/C22H26FN5/c1-2-24-22(26-12-11-18-9-6-10-20(23)15-18)27-16-21-25-13-14-28(21)17-19-7-4-3-5-8-19/h3-10,13-15H,2,11-12,16-17H2,1H3,(H2,24,26,27). The molecular weight excluding hydrogens is 353 g/mol. The van der Waals surface area contributed by atoms with Gasteiger partial charge < -0.3 is 15.2 Å². The van der Waals surface area contributed by atoms with Crippen LogP contribution in [0.1, 0.15) is 23.9 Å². The van der Waals surface area contributed by atoms with Crippen molar-refractivity contribution in [3.05, 3.63) is 89.8 Å². The second kappa shape index (κ2) is 10.3. The lowest BCUT2D eigenvalue weighted by molar-refractivity contribution is 0.625. The number of guanidine groups is 1. The molecule has 0 fully saturated rings. The van der Waals surface area contributed by atoms with Gasteiger partial charge in [-0.3, -0.25) is 0 Å². The van der Waals surface area contributed by atoms with E-state index in [4.69, 9.17) is 0 Å². The molecule has 5 nitrogen and oxygen atoms in total. The third kappa shape index (κ3) is 5.94. The summed E-state index contributed by atoms with van der Waals surface area (Å²) in [5, 5.41) is 6.54. The van der Waals surface area contributed by atoms with Gasteiger partial charge in [-0.2, -0.15) is 0 Å². The first-order chi connectivity index (χ1) is 13.7. The number of nitrogens with zero attached hydrogens (tertiary/aromatic N) is 3. The number of aliphatic imine (C=N–C) groups is 1. The van der Waals surface area contributed by atoms with Gasteiger partial charge in [0, 0.05) is 32.0 Å². The Bertz CT molecular complexity index is 889. The maximum absolute atomic E-state index is 13.3. The van der Waals surface area contributed by atoms with Crippen LogP contribution in [-0.4, -0.2) is 28.6 Å². The van der Waals surface area contributed by atoms with Crippen molar-refractivity contribution in [2.75, 3.05) is 13.1 Å². The summed E-state index contributed by atoms with van der Waals surface area (Å²) in [5.74, 6) is 1.43. The average molecular weight is 379 g/mol. The first-order valence-electron chi connectivity index (χ1n) is 9.55. The van der Waals surface area contributed by atoms with Gasteiger partial charge in [0.1, 0.15) is 18.2 Å². The van der Waals surface area contributed by atoms with Crippen molar-refractivity contribution in [3.63, 3.8) is 0 Å². The van der Waals surface area contributed by atoms with E-state index < -0.39 is 0 Å². The number of benzene rings is 2. The molecule has 28 heavy (non-hydrogen) atoms. The molecule has 2 N–H and O–H groups in total. The third-order valence-electron chi connectivity index (χ3n) is 4.32. The second-order valence-electron chi connectivity index (χ2n) is 6.46. The highest BCUT2D eigenvalue weighted by Gasteiger charge is 2.04. The minimum atomic E-state index is -0.205. The fraction of sp³-hybridized carbons (Fsp3) is 0.273. The van der Waals surface area contributed by atoms with Gasteiger partial charge in [0.05, 0.1) is 0 Å². The molecule has 6 heteroatoms. The molecule has 3 aromatic rings. The number of halogens is 1. The van der Waals surface area contributed by atoms with Gasteiger partial charge in [0.25, 0.3) is 0 Å². The van der Waals surface area contributed by atoms with E-state index in [2.05, 4.69) is 37.3 Å². The van der Waals surface area contributed by atoms with Crippen molar-refractivity contribution >= 4 is 5.96 Å². The molecule has 146 valence electrons. The number of aromatic nitrogens is 2. The Morgan fingerprint density at radius 1 is 1.07 bits per heavy atom. The quantitative estimate of drug-likeness (QED) is 0.466. The molecule has 0 saturated heterocycles. The van der Waals surface area contributed by atoms with Crippen LogP contribution in [0.2, 0.25) is 0 Å². The van der Waals surface area contributed by atoms with Gasteiger partial charge in [0.2, 0.25) is 0 Å². The highest BCUT2D eigenvalue weighted by Crippen LogP contribution is 2.07. The lowest BCUT2D eigenvalue weighted by Gasteiger charge is -2.12. The monoisotopic (exact) mass is 379 g/mol. The molecule has 0 amide bonds. The van der Waals surface area contributed by atoms with Crippen molar-refractivity contribution < 1.29 is 4.39 Å². The molecule has 0 spiro atoms. The molecule has 1 heterocycles. The average Bonchev–Trinajstić information content (AvgIpc) is 3.14. The molecule has 2 aromatic carbocycles. The van der Waals surface area contributed by atoms with Crippen LogP contribution in [-0.2, 0) is 19.5 Å². The fourth-order valence-corrected chi connectivity index (χ4v) is 2.92. The van der Waals surface area contributed by atoms with Crippen LogP contribution in [0.4, 0.5) is 4.39 Å². The van der Waals surface area contributed by atoms with Gasteiger partial charge in [-0.15, -0.1) is 0 Å². The minimum absolute atomic E-state index is 0.205. The summed E-state index contributed by atoms with van der Waals surface area (Å²) < 4.78 is 15.4. The highest BCUT2D eigenvalue weighted by molar-refractivity contribution is 5.79. The molecule has 0 bridgehead atoms. The molecule has 0 aliphatic rings. The number of hydrogen-bond acceptors (Lipinski definition) is 2. The van der Waals surface area contributed by atoms with Crippen LogP contribution >= 0.6 is 0 Å². The summed E-state index contributed by atoms with van der Waals surface area (Å²) in [7, 11) is 0. The zero-order valence-corrected chi connectivity index (χ0v) is 16.1. The van der Waals surface area contributed by atoms with E-state index in [0.717, 1.165) is 36.9 Å². The summed E-state index contributed by atoms with van der Waals surface area (Å²) >= 11 is 0. The number of imidazole rings is 1. The van der Waals surface area contributed by atoms with E-state index in [-0.39, 0.29) is 5.82 Å². The van der Waals surface area contributed by atoms with Crippen molar-refractivity contribution in [2.24, 2.45) is 4.99 Å². The van der Waals surface area contributed by atoms with E-state index in [9.17, 15) is 4.39 Å². The Kier molecular flexibility index (Phi) is 7.18. The lowest BCUT2D eigenvalue weighted by Crippen LogP contribution is -2.38. The predicted octanol–water partition coefficient (Wildman–Crippen LogP) is 3.37. The maximum atomic E-state index is 13.3. The number of hydrogen-bond donors (Lipinski definition) is 2. The van der Waals surface area contributed by atoms with Crippen LogP contribution in [0.25, 0.3) is 0 Å². The second-order valence-corrected chi connectivity index (χ2v) is 6.46. The van der Waals surface area contributed by atoms with Gasteiger partial charge in [-0.1, -0.05) is 42.5 Å². The van der Waals surface area contributed by atoms with E-state index in [1.54, 1.807) is 18.3 Å². The molecule has 3 rings (SSSR count). The van der Waals surface area contributed by atoms with Crippen molar-refractivity contribution in [3.8, 4) is 0 Å². The van der Waals surface area contributed by atoms with Crippen LogP contribution in [0.3, 0.4) is 0 Å². The Morgan fingerprint density at radius 3 is 2.68 bits per heavy atom. The lowest BCUT2D eigenvalue weighted by atomic mass is 10.1. The Morgan fingerprint density at radius 2 is 1.89 bits per heavy atom. The first-order valence-corrected chi connectivity index (χ1v) is 9.55. The van der Waals surface area contributed by atoms with Crippen LogP contribution < -0.4 is 10.6 Å². The summed E-state index contributed by atoms with van der Waals surface area (Å²) in [6, 6.07) is 17.0. The number of nitrogens with one attached hydrogen (secondary N) is 2. The van der Waals surface area contributed by atoms with E-state index in [1.807, 2.05) is 37.4 Å². The zero-order chi connectivity index (χ0) is 19.6. The molecule has 0 atom stereocenters. The molecule has 0 aliphatic heterocycles. The van der Waals surface area contributed by atoms with Gasteiger partial charge in [-0.25, -0.2) is 14.4 Å². The third-order valence-corrected chi connectivity index (χ3v) is 4.32. The smallest absolute Gasteiger partial charge is 0.191 e. The molecule has 0 aliphatic carbocycles. The van der Waals surface area contributed by atoms with Crippen LogP contribution in [0, 0.1) is 5.82 Å². The first kappa shape index (κ1) is 19.6. The molecule has 1 aromatic heterocycles. The molecule has 0 saturated carbocycles. The predicted molar refractivity (Wildman–Crippen MR) is 111 cm³/mol. The summed E-state index contributed by atoms with van der Waals surface area (Å²) in [4.78, 5) is 9.08. The van der Waals surface area contributed by atoms with E-state index in [0.29, 0.717) is 13.1 Å². The summed E-state index contributed by atoms with van der Waals surface area (Å²) in [5.41, 5.74) is 2.19. The van der Waals surface area contributed by atoms with Crippen molar-refractivity contribution in [2.45, 2.75) is 26.4 Å². The fourth-order valence-electron chi connectivity index (χ4n) is 2.92. The maximum Gasteiger partial charge on any atom is 0.191 e. The van der Waals surface area contributed by atoms with Gasteiger partial charge in [-0.05, 0) is 36.6 Å². The van der Waals surface area contributed by atoms with Crippen LogP contribution in [0.15, 0.2) is 72.0 Å². The summed E-state index contributed by atoms with van der Waals surface area (Å²) in [6.07, 6.45) is 4.51. The zero-order valence-electron chi connectivity index (χ0n) is 16.1. The molecular formula is C22H26FN5. The SMILES string of the molecule is CCNC(=NCc1nccn1Cc1ccccc1)NCCc1cccc(F)c1. The van der Waals surface area contributed by atoms with Gasteiger partial charge in [0.15, 0.2) is 5.96 Å². The van der Waals surface area contributed by atoms with Crippen LogP contribution in [0.5, 0.6) is 0 Å².